The summed E-state index contributed by atoms with van der Waals surface area (Å²) in [6.45, 7) is 0.409. The van der Waals surface area contributed by atoms with Crippen molar-refractivity contribution in [2.45, 2.75) is 6.54 Å². The maximum Gasteiger partial charge on any atom is 0.256 e. The number of aromatic nitrogens is 2. The molecule has 0 radical (unpaired) electrons. The summed E-state index contributed by atoms with van der Waals surface area (Å²) >= 11 is 0. The van der Waals surface area contributed by atoms with E-state index < -0.39 is 0 Å². The van der Waals surface area contributed by atoms with E-state index >= 15 is 0 Å². The van der Waals surface area contributed by atoms with E-state index in [0.29, 0.717) is 12.1 Å². The lowest BCUT2D eigenvalue weighted by Crippen LogP contribution is -2.35. The van der Waals surface area contributed by atoms with Crippen LogP contribution in [0.3, 0.4) is 0 Å². The van der Waals surface area contributed by atoms with Crippen LogP contribution < -0.4 is 5.32 Å². The molecule has 100 valence electrons. The van der Waals surface area contributed by atoms with Crippen molar-refractivity contribution in [1.82, 2.24) is 15.1 Å². The molecule has 1 aliphatic rings. The Labute approximate surface area is 115 Å². The van der Waals surface area contributed by atoms with Crippen LogP contribution in [0.1, 0.15) is 15.9 Å². The van der Waals surface area contributed by atoms with Crippen molar-refractivity contribution in [2.24, 2.45) is 0 Å². The molecule has 0 aliphatic carbocycles. The van der Waals surface area contributed by atoms with Gasteiger partial charge in [-0.15, -0.1) is 0 Å². The Bertz CT molecular complexity index is 657. The van der Waals surface area contributed by atoms with Crippen molar-refractivity contribution < 1.29 is 9.59 Å². The average Bonchev–Trinajstić information content (AvgIpc) is 2.65. The van der Waals surface area contributed by atoms with Gasteiger partial charge in [-0.05, 0) is 17.7 Å². The first-order valence-electron chi connectivity index (χ1n) is 6.18. The molecule has 1 aromatic carbocycles. The Hall–Kier alpha value is -2.76. The molecule has 0 unspecified atom stereocenters. The van der Waals surface area contributed by atoms with E-state index in [9.17, 15) is 9.59 Å². The average molecular weight is 268 g/mol. The first kappa shape index (κ1) is 12.3. The number of fused-ring (bicyclic) bond motifs is 1. The van der Waals surface area contributed by atoms with Gasteiger partial charge < -0.3 is 10.2 Å². The number of carbonyl (C=O) groups excluding carboxylic acids is 2. The van der Waals surface area contributed by atoms with Crippen LogP contribution in [0.5, 0.6) is 0 Å². The van der Waals surface area contributed by atoms with Crippen molar-refractivity contribution >= 4 is 17.5 Å². The summed E-state index contributed by atoms with van der Waals surface area (Å²) in [4.78, 5) is 25.7. The number of hydrogen-bond acceptors (Lipinski definition) is 4. The summed E-state index contributed by atoms with van der Waals surface area (Å²) in [5, 5.41) is 10.1. The second-order valence-electron chi connectivity index (χ2n) is 4.50. The minimum absolute atomic E-state index is 0.0236. The van der Waals surface area contributed by atoms with Crippen LogP contribution in [0.25, 0.3) is 0 Å². The quantitative estimate of drug-likeness (QED) is 0.839. The Morgan fingerprint density at radius 2 is 2.00 bits per heavy atom. The molecule has 6 heteroatoms. The minimum atomic E-state index is -0.230. The minimum Gasteiger partial charge on any atom is -0.325 e. The van der Waals surface area contributed by atoms with Crippen LogP contribution in [0, 0.1) is 0 Å². The van der Waals surface area contributed by atoms with Crippen LogP contribution in [-0.4, -0.2) is 33.5 Å². The summed E-state index contributed by atoms with van der Waals surface area (Å²) in [5.74, 6) is -0.433. The molecule has 0 bridgehead atoms. The van der Waals surface area contributed by atoms with E-state index in [-0.39, 0.29) is 18.4 Å². The van der Waals surface area contributed by atoms with E-state index in [2.05, 4.69) is 15.5 Å². The number of rotatable bonds is 1. The van der Waals surface area contributed by atoms with Gasteiger partial charge in [-0.2, -0.15) is 10.2 Å². The number of nitrogens with zero attached hydrogens (tertiary/aromatic N) is 3. The van der Waals surface area contributed by atoms with Gasteiger partial charge in [0.05, 0.1) is 18.0 Å². The highest BCUT2D eigenvalue weighted by Crippen LogP contribution is 2.21. The molecule has 0 spiro atoms. The van der Waals surface area contributed by atoms with Crippen molar-refractivity contribution in [1.29, 1.82) is 0 Å². The summed E-state index contributed by atoms with van der Waals surface area (Å²) in [6, 6.07) is 9.04. The zero-order chi connectivity index (χ0) is 13.9. The lowest BCUT2D eigenvalue weighted by Gasteiger charge is -2.19. The number of para-hydroxylation sites is 1. The van der Waals surface area contributed by atoms with Crippen LogP contribution in [0.2, 0.25) is 0 Å². The fraction of sp³-hybridized carbons (Fsp3) is 0.143. The standard InChI is InChI=1S/C14H12N4O2/c19-13-9-18(14(20)10-5-6-15-16-7-10)8-11-3-1-2-4-12(11)17-13/h1-7H,8-9H2,(H,17,19). The molecule has 0 saturated carbocycles. The monoisotopic (exact) mass is 268 g/mol. The number of benzene rings is 1. The summed E-state index contributed by atoms with van der Waals surface area (Å²) < 4.78 is 0. The lowest BCUT2D eigenvalue weighted by atomic mass is 10.1. The van der Waals surface area contributed by atoms with E-state index in [0.717, 1.165) is 11.3 Å². The maximum absolute atomic E-state index is 12.4. The molecule has 0 atom stereocenters. The summed E-state index contributed by atoms with van der Waals surface area (Å²) in [7, 11) is 0. The van der Waals surface area contributed by atoms with Gasteiger partial charge in [0.1, 0.15) is 6.54 Å². The molecular formula is C14H12N4O2. The highest BCUT2D eigenvalue weighted by Gasteiger charge is 2.23. The SMILES string of the molecule is O=C1CN(C(=O)c2ccnnc2)Cc2ccccc2N1. The molecule has 3 rings (SSSR count). The zero-order valence-electron chi connectivity index (χ0n) is 10.6. The van der Waals surface area contributed by atoms with Crippen LogP contribution in [0.4, 0.5) is 5.69 Å². The Kier molecular flexibility index (Phi) is 3.12. The second kappa shape index (κ2) is 5.08. The molecule has 2 aromatic rings. The number of nitrogens with one attached hydrogen (secondary N) is 1. The topological polar surface area (TPSA) is 75.2 Å². The molecular weight excluding hydrogens is 256 g/mol. The summed E-state index contributed by atoms with van der Waals surface area (Å²) in [6.07, 6.45) is 2.86. The third-order valence-corrected chi connectivity index (χ3v) is 3.11. The van der Waals surface area contributed by atoms with Gasteiger partial charge in [0.15, 0.2) is 0 Å². The Morgan fingerprint density at radius 1 is 1.15 bits per heavy atom. The van der Waals surface area contributed by atoms with Crippen LogP contribution in [0.15, 0.2) is 42.7 Å². The maximum atomic E-state index is 12.4. The van der Waals surface area contributed by atoms with Gasteiger partial charge >= 0.3 is 0 Å². The molecule has 0 saturated heterocycles. The zero-order valence-corrected chi connectivity index (χ0v) is 10.6. The molecule has 2 amide bonds. The molecule has 1 N–H and O–H groups in total. The van der Waals surface area contributed by atoms with Gasteiger partial charge in [0.2, 0.25) is 5.91 Å². The van der Waals surface area contributed by atoms with Crippen molar-refractivity contribution in [3.05, 3.63) is 53.9 Å². The van der Waals surface area contributed by atoms with Gasteiger partial charge in [-0.1, -0.05) is 18.2 Å². The molecule has 0 fully saturated rings. The van der Waals surface area contributed by atoms with Gasteiger partial charge in [-0.3, -0.25) is 9.59 Å². The normalized spacial score (nSPS) is 14.2. The van der Waals surface area contributed by atoms with E-state index in [1.807, 2.05) is 24.3 Å². The highest BCUT2D eigenvalue weighted by atomic mass is 16.2. The van der Waals surface area contributed by atoms with Crippen molar-refractivity contribution in [3.63, 3.8) is 0 Å². The van der Waals surface area contributed by atoms with Crippen molar-refractivity contribution in [2.75, 3.05) is 11.9 Å². The van der Waals surface area contributed by atoms with Gasteiger partial charge in [-0.25, -0.2) is 0 Å². The van der Waals surface area contributed by atoms with E-state index in [1.165, 1.54) is 17.3 Å². The van der Waals surface area contributed by atoms with Crippen LogP contribution >= 0.6 is 0 Å². The van der Waals surface area contributed by atoms with Crippen molar-refractivity contribution in [3.8, 4) is 0 Å². The van der Waals surface area contributed by atoms with Gasteiger partial charge in [0.25, 0.3) is 5.91 Å². The highest BCUT2D eigenvalue weighted by molar-refractivity contribution is 6.00. The molecule has 20 heavy (non-hydrogen) atoms. The summed E-state index contributed by atoms with van der Waals surface area (Å²) in [5.41, 5.74) is 2.08. The smallest absolute Gasteiger partial charge is 0.256 e. The van der Waals surface area contributed by atoms with Gasteiger partial charge in [0, 0.05) is 12.2 Å². The third-order valence-electron chi connectivity index (χ3n) is 3.11. The number of amides is 2. The Morgan fingerprint density at radius 3 is 2.80 bits per heavy atom. The molecule has 2 heterocycles. The molecule has 6 nitrogen and oxygen atoms in total. The van der Waals surface area contributed by atoms with E-state index in [1.54, 1.807) is 6.07 Å². The first-order valence-corrected chi connectivity index (χ1v) is 6.18. The Balaban J connectivity index is 1.91. The lowest BCUT2D eigenvalue weighted by molar-refractivity contribution is -0.116. The second-order valence-corrected chi connectivity index (χ2v) is 4.50. The number of anilines is 1. The third kappa shape index (κ3) is 2.35. The predicted octanol–water partition coefficient (Wildman–Crippen LogP) is 1.07. The van der Waals surface area contributed by atoms with Crippen LogP contribution in [-0.2, 0) is 11.3 Å². The fourth-order valence-corrected chi connectivity index (χ4v) is 2.15. The number of hydrogen-bond donors (Lipinski definition) is 1. The molecule has 1 aromatic heterocycles. The molecule has 1 aliphatic heterocycles. The first-order chi connectivity index (χ1) is 9.74. The largest absolute Gasteiger partial charge is 0.325 e. The fourth-order valence-electron chi connectivity index (χ4n) is 2.15. The van der Waals surface area contributed by atoms with E-state index in [4.69, 9.17) is 0 Å². The predicted molar refractivity (Wildman–Crippen MR) is 71.8 cm³/mol. The number of carbonyl (C=O) groups is 2.